The summed E-state index contributed by atoms with van der Waals surface area (Å²) in [5.41, 5.74) is 1.16. The Morgan fingerprint density at radius 3 is 2.92 bits per heavy atom. The van der Waals surface area contributed by atoms with Crippen LogP contribution in [0.5, 0.6) is 0 Å². The van der Waals surface area contributed by atoms with E-state index in [-0.39, 0.29) is 0 Å². The molecule has 4 heteroatoms. The molecule has 0 aliphatic heterocycles. The van der Waals surface area contributed by atoms with E-state index in [9.17, 15) is 0 Å². The van der Waals surface area contributed by atoms with Gasteiger partial charge in [-0.25, -0.2) is 4.98 Å². The minimum Gasteiger partial charge on any atom is -0.324 e. The molecule has 1 rings (SSSR count). The van der Waals surface area contributed by atoms with Gasteiger partial charge in [0.1, 0.15) is 0 Å². The lowest BCUT2D eigenvalue weighted by molar-refractivity contribution is 0.412. The molecule has 0 unspecified atom stereocenters. The van der Waals surface area contributed by atoms with Crippen molar-refractivity contribution in [2.45, 2.75) is 13.1 Å². The maximum atomic E-state index is 4.30. The molecule has 0 aliphatic rings. The molecule has 1 N–H and O–H groups in total. The van der Waals surface area contributed by atoms with Crippen LogP contribution >= 0.6 is 0 Å². The Bertz CT molecular complexity index is 242. The molecule has 1 aromatic heterocycles. The maximum absolute atomic E-state index is 4.30. The fourth-order valence-corrected chi connectivity index (χ4v) is 1.14. The first-order valence-corrected chi connectivity index (χ1v) is 4.52. The van der Waals surface area contributed by atoms with E-state index in [1.807, 2.05) is 17.9 Å². The number of hydrogen-bond acceptors (Lipinski definition) is 3. The molecule has 0 bridgehead atoms. The molecule has 0 fully saturated rings. The van der Waals surface area contributed by atoms with Crippen molar-refractivity contribution in [1.82, 2.24) is 19.8 Å². The van der Waals surface area contributed by atoms with Gasteiger partial charge in [0, 0.05) is 19.2 Å². The Morgan fingerprint density at radius 1 is 1.54 bits per heavy atom. The third-order valence-corrected chi connectivity index (χ3v) is 1.84. The normalized spacial score (nSPS) is 11.1. The smallest absolute Gasteiger partial charge is 0.0960 e. The SMILES string of the molecule is CNCn1cnc(CCN(C)C)c1. The highest BCUT2D eigenvalue weighted by atomic mass is 15.1. The fraction of sp³-hybridized carbons (Fsp3) is 0.667. The van der Waals surface area contributed by atoms with Crippen molar-refractivity contribution in [2.75, 3.05) is 27.7 Å². The molecule has 0 aromatic carbocycles. The van der Waals surface area contributed by atoms with Crippen molar-refractivity contribution in [1.29, 1.82) is 0 Å². The zero-order valence-electron chi connectivity index (χ0n) is 8.62. The van der Waals surface area contributed by atoms with E-state index in [2.05, 4.69) is 35.5 Å². The lowest BCUT2D eigenvalue weighted by atomic mass is 10.3. The summed E-state index contributed by atoms with van der Waals surface area (Å²) >= 11 is 0. The topological polar surface area (TPSA) is 33.1 Å². The molecule has 1 heterocycles. The van der Waals surface area contributed by atoms with Crippen LogP contribution in [0.25, 0.3) is 0 Å². The number of rotatable bonds is 5. The number of imidazole rings is 1. The first-order valence-electron chi connectivity index (χ1n) is 4.52. The largest absolute Gasteiger partial charge is 0.324 e. The average molecular weight is 182 g/mol. The first-order chi connectivity index (χ1) is 6.22. The second-order valence-corrected chi connectivity index (χ2v) is 3.44. The van der Waals surface area contributed by atoms with Gasteiger partial charge in [0.2, 0.25) is 0 Å². The maximum Gasteiger partial charge on any atom is 0.0960 e. The van der Waals surface area contributed by atoms with Gasteiger partial charge >= 0.3 is 0 Å². The van der Waals surface area contributed by atoms with Crippen LogP contribution in [-0.4, -0.2) is 42.1 Å². The Labute approximate surface area is 79.6 Å². The summed E-state index contributed by atoms with van der Waals surface area (Å²) in [5.74, 6) is 0. The Hall–Kier alpha value is -0.870. The van der Waals surface area contributed by atoms with Crippen LogP contribution in [0.3, 0.4) is 0 Å². The number of nitrogens with one attached hydrogen (secondary N) is 1. The quantitative estimate of drug-likeness (QED) is 0.704. The van der Waals surface area contributed by atoms with Crippen LogP contribution < -0.4 is 5.32 Å². The van der Waals surface area contributed by atoms with Crippen molar-refractivity contribution in [3.05, 3.63) is 18.2 Å². The van der Waals surface area contributed by atoms with Crippen LogP contribution in [0.15, 0.2) is 12.5 Å². The molecule has 0 atom stereocenters. The molecule has 0 radical (unpaired) electrons. The zero-order valence-corrected chi connectivity index (χ0v) is 8.62. The van der Waals surface area contributed by atoms with Gasteiger partial charge in [-0.2, -0.15) is 0 Å². The number of aromatic nitrogens is 2. The van der Waals surface area contributed by atoms with Gasteiger partial charge in [-0.1, -0.05) is 0 Å². The summed E-state index contributed by atoms with van der Waals surface area (Å²) in [5, 5.41) is 3.07. The van der Waals surface area contributed by atoms with Crippen LogP contribution in [0.2, 0.25) is 0 Å². The lowest BCUT2D eigenvalue weighted by Gasteiger charge is -2.06. The van der Waals surface area contributed by atoms with E-state index < -0.39 is 0 Å². The summed E-state index contributed by atoms with van der Waals surface area (Å²) in [6.07, 6.45) is 4.96. The van der Waals surface area contributed by atoms with E-state index in [4.69, 9.17) is 0 Å². The van der Waals surface area contributed by atoms with Crippen molar-refractivity contribution in [2.24, 2.45) is 0 Å². The second kappa shape index (κ2) is 4.99. The molecule has 1 aromatic rings. The second-order valence-electron chi connectivity index (χ2n) is 3.44. The van der Waals surface area contributed by atoms with E-state index >= 15 is 0 Å². The summed E-state index contributed by atoms with van der Waals surface area (Å²) < 4.78 is 2.05. The summed E-state index contributed by atoms with van der Waals surface area (Å²) in [6.45, 7) is 1.88. The Kier molecular flexibility index (Phi) is 3.92. The van der Waals surface area contributed by atoms with Crippen molar-refractivity contribution >= 4 is 0 Å². The molecule has 0 spiro atoms. The van der Waals surface area contributed by atoms with Crippen LogP contribution in [0.1, 0.15) is 5.69 Å². The van der Waals surface area contributed by atoms with Crippen molar-refractivity contribution in [3.8, 4) is 0 Å². The lowest BCUT2D eigenvalue weighted by Crippen LogP contribution is -2.15. The molecular weight excluding hydrogens is 164 g/mol. The van der Waals surface area contributed by atoms with Gasteiger partial charge < -0.3 is 14.8 Å². The van der Waals surface area contributed by atoms with Gasteiger partial charge in [-0.15, -0.1) is 0 Å². The van der Waals surface area contributed by atoms with Gasteiger partial charge in [0.15, 0.2) is 0 Å². The minimum atomic E-state index is 0.828. The van der Waals surface area contributed by atoms with Crippen molar-refractivity contribution < 1.29 is 0 Å². The minimum absolute atomic E-state index is 0.828. The highest BCUT2D eigenvalue weighted by Gasteiger charge is 1.98. The predicted molar refractivity (Wildman–Crippen MR) is 53.5 cm³/mol. The molecule has 74 valence electrons. The van der Waals surface area contributed by atoms with Crippen LogP contribution in [0.4, 0.5) is 0 Å². The molecular formula is C9H18N4. The molecule has 0 saturated carbocycles. The van der Waals surface area contributed by atoms with Gasteiger partial charge in [0.05, 0.1) is 18.7 Å². The predicted octanol–water partition coefficient (Wildman–Crippen LogP) is 0.164. The van der Waals surface area contributed by atoms with E-state index in [1.165, 1.54) is 0 Å². The average Bonchev–Trinajstić information content (AvgIpc) is 2.50. The highest BCUT2D eigenvalue weighted by molar-refractivity contribution is 4.97. The Balaban J connectivity index is 2.39. The third-order valence-electron chi connectivity index (χ3n) is 1.84. The summed E-state index contributed by atoms with van der Waals surface area (Å²) in [7, 11) is 6.08. The monoisotopic (exact) mass is 182 g/mol. The molecule has 13 heavy (non-hydrogen) atoms. The molecule has 0 saturated heterocycles. The van der Waals surface area contributed by atoms with Crippen molar-refractivity contribution in [3.63, 3.8) is 0 Å². The standard InChI is InChI=1S/C9H18N4/c1-10-7-13-6-9(11-8-13)4-5-12(2)3/h6,8,10H,4-5,7H2,1-3H3. The zero-order chi connectivity index (χ0) is 9.68. The van der Waals surface area contributed by atoms with Crippen LogP contribution in [-0.2, 0) is 13.1 Å². The summed E-state index contributed by atoms with van der Waals surface area (Å²) in [4.78, 5) is 6.47. The van der Waals surface area contributed by atoms with Gasteiger partial charge in [-0.3, -0.25) is 0 Å². The number of nitrogens with zero attached hydrogens (tertiary/aromatic N) is 3. The molecule has 0 aliphatic carbocycles. The van der Waals surface area contributed by atoms with Gasteiger partial charge in [0.25, 0.3) is 0 Å². The van der Waals surface area contributed by atoms with E-state index in [1.54, 1.807) is 0 Å². The Morgan fingerprint density at radius 2 is 2.31 bits per heavy atom. The third kappa shape index (κ3) is 3.57. The number of hydrogen-bond donors (Lipinski definition) is 1. The van der Waals surface area contributed by atoms with Gasteiger partial charge in [-0.05, 0) is 21.1 Å². The first kappa shape index (κ1) is 10.2. The van der Waals surface area contributed by atoms with E-state index in [0.717, 1.165) is 25.3 Å². The molecule has 4 nitrogen and oxygen atoms in total. The van der Waals surface area contributed by atoms with E-state index in [0.29, 0.717) is 0 Å². The number of likely N-dealkylation sites (N-methyl/N-ethyl adjacent to an activating group) is 1. The molecule has 0 amide bonds. The fourth-order valence-electron chi connectivity index (χ4n) is 1.14. The highest BCUT2D eigenvalue weighted by Crippen LogP contribution is 1.97. The van der Waals surface area contributed by atoms with Crippen LogP contribution in [0, 0.1) is 0 Å². The summed E-state index contributed by atoms with van der Waals surface area (Å²) in [6, 6.07) is 0.